The van der Waals surface area contributed by atoms with Crippen molar-refractivity contribution in [2.75, 3.05) is 33.2 Å². The maximum Gasteiger partial charge on any atom is 0.255 e. The number of amides is 1. The summed E-state index contributed by atoms with van der Waals surface area (Å²) in [5.41, 5.74) is 6.68. The number of likely N-dealkylation sites (N-methyl/N-ethyl adjacent to an activating group) is 1. The number of hydrogen-bond acceptors (Lipinski definition) is 5. The summed E-state index contributed by atoms with van der Waals surface area (Å²) in [6, 6.07) is 2.07. The highest BCUT2D eigenvalue weighted by Gasteiger charge is 2.28. The van der Waals surface area contributed by atoms with Gasteiger partial charge in [-0.1, -0.05) is 12.2 Å². The third-order valence-electron chi connectivity index (χ3n) is 6.76. The van der Waals surface area contributed by atoms with Crippen molar-refractivity contribution in [3.05, 3.63) is 83.4 Å². The lowest BCUT2D eigenvalue weighted by Gasteiger charge is -2.36. The molecule has 33 heavy (non-hydrogen) atoms. The minimum atomic E-state index is -0.0645. The van der Waals surface area contributed by atoms with E-state index in [4.69, 9.17) is 10.1 Å². The molecule has 0 bridgehead atoms. The first kappa shape index (κ1) is 20.2. The summed E-state index contributed by atoms with van der Waals surface area (Å²) in [5, 5.41) is 4.80. The van der Waals surface area contributed by atoms with Gasteiger partial charge in [0.1, 0.15) is 0 Å². The summed E-state index contributed by atoms with van der Waals surface area (Å²) < 4.78 is 1.92. The predicted octanol–water partition coefficient (Wildman–Crippen LogP) is 3.24. The summed E-state index contributed by atoms with van der Waals surface area (Å²) in [4.78, 5) is 24.5. The molecule has 0 aromatic carbocycles. The van der Waals surface area contributed by atoms with Crippen LogP contribution in [0.25, 0.3) is 11.1 Å². The van der Waals surface area contributed by atoms with Gasteiger partial charge >= 0.3 is 0 Å². The van der Waals surface area contributed by atoms with E-state index < -0.39 is 0 Å². The zero-order valence-corrected chi connectivity index (χ0v) is 19.1. The Hall–Kier alpha value is -3.45. The second-order valence-electron chi connectivity index (χ2n) is 9.34. The number of allylic oxidation sites excluding steroid dienone is 6. The molecule has 0 atom stereocenters. The van der Waals surface area contributed by atoms with Crippen molar-refractivity contribution >= 4 is 17.0 Å². The maximum atomic E-state index is 13.3. The van der Waals surface area contributed by atoms with E-state index in [1.54, 1.807) is 11.0 Å². The van der Waals surface area contributed by atoms with Crippen LogP contribution >= 0.6 is 0 Å². The van der Waals surface area contributed by atoms with Gasteiger partial charge in [-0.3, -0.25) is 14.7 Å². The SMILES string of the molecule is Cc1cn2nc(C3=C\C(=O)N4C=C(N5CCN(C)CC5)C=C\C4=C/C=C/3)cc2c(C2CC2)n1. The standard InChI is InChI=1S/C26H28N6O/c1-18-16-32-24(26(27-18)19-6-7-19)15-23(28-32)20-4-3-5-21-8-9-22(17-31(21)25(33)14-20)30-12-10-29(2)11-13-30/h3-5,8-9,14-17,19H,6-7,10-13H2,1-2H3/b4-3+,20-14+,21-5+. The Kier molecular flexibility index (Phi) is 4.80. The predicted molar refractivity (Wildman–Crippen MR) is 128 cm³/mol. The summed E-state index contributed by atoms with van der Waals surface area (Å²) >= 11 is 0. The Bertz CT molecular complexity index is 1280. The van der Waals surface area contributed by atoms with Gasteiger partial charge in [-0.2, -0.15) is 5.10 Å². The van der Waals surface area contributed by atoms with Gasteiger partial charge in [0.15, 0.2) is 0 Å². The summed E-state index contributed by atoms with van der Waals surface area (Å²) in [6.07, 6.45) is 18.1. The van der Waals surface area contributed by atoms with Crippen molar-refractivity contribution in [3.8, 4) is 0 Å². The molecule has 5 heterocycles. The number of aromatic nitrogens is 3. The van der Waals surface area contributed by atoms with Crippen LogP contribution in [0.15, 0.2) is 66.3 Å². The molecule has 6 rings (SSSR count). The van der Waals surface area contributed by atoms with Gasteiger partial charge in [0, 0.05) is 55.6 Å². The Morgan fingerprint density at radius 2 is 1.82 bits per heavy atom. The van der Waals surface area contributed by atoms with Crippen LogP contribution in [0.4, 0.5) is 0 Å². The largest absolute Gasteiger partial charge is 0.368 e. The molecule has 0 unspecified atom stereocenters. The van der Waals surface area contributed by atoms with Crippen LogP contribution in [0, 0.1) is 6.92 Å². The Morgan fingerprint density at radius 1 is 1.03 bits per heavy atom. The molecule has 1 saturated heterocycles. The lowest BCUT2D eigenvalue weighted by molar-refractivity contribution is -0.122. The van der Waals surface area contributed by atoms with Crippen LogP contribution in [0.3, 0.4) is 0 Å². The van der Waals surface area contributed by atoms with Crippen molar-refractivity contribution in [2.45, 2.75) is 25.7 Å². The van der Waals surface area contributed by atoms with E-state index in [9.17, 15) is 4.79 Å². The van der Waals surface area contributed by atoms with Gasteiger partial charge < -0.3 is 9.80 Å². The molecule has 168 valence electrons. The van der Waals surface area contributed by atoms with Gasteiger partial charge in [0.25, 0.3) is 5.91 Å². The molecule has 7 heteroatoms. The quantitative estimate of drug-likeness (QED) is 0.734. The number of carbonyl (C=O) groups is 1. The number of fused-ring (bicyclic) bond motifs is 2. The zero-order chi connectivity index (χ0) is 22.5. The molecule has 1 aliphatic carbocycles. The van der Waals surface area contributed by atoms with E-state index in [-0.39, 0.29) is 5.91 Å². The number of aryl methyl sites for hydroxylation is 1. The lowest BCUT2D eigenvalue weighted by Crippen LogP contribution is -2.44. The van der Waals surface area contributed by atoms with Gasteiger partial charge in [-0.05, 0) is 51.1 Å². The smallest absolute Gasteiger partial charge is 0.255 e. The van der Waals surface area contributed by atoms with Crippen molar-refractivity contribution in [1.82, 2.24) is 29.3 Å². The number of hydrogen-bond donors (Lipinski definition) is 0. The Balaban J connectivity index is 1.33. The Labute approximate surface area is 193 Å². The van der Waals surface area contributed by atoms with E-state index in [0.717, 1.165) is 65.7 Å². The van der Waals surface area contributed by atoms with Gasteiger partial charge in [-0.25, -0.2) is 4.52 Å². The van der Waals surface area contributed by atoms with E-state index in [1.165, 1.54) is 12.8 Å². The molecule has 0 spiro atoms. The van der Waals surface area contributed by atoms with Gasteiger partial charge in [0.05, 0.1) is 34.5 Å². The van der Waals surface area contributed by atoms with Crippen LogP contribution in [-0.2, 0) is 4.79 Å². The highest BCUT2D eigenvalue weighted by molar-refractivity contribution is 5.99. The highest BCUT2D eigenvalue weighted by atomic mass is 16.2. The monoisotopic (exact) mass is 440 g/mol. The highest BCUT2D eigenvalue weighted by Crippen LogP contribution is 2.41. The van der Waals surface area contributed by atoms with Crippen LogP contribution in [0.5, 0.6) is 0 Å². The number of carbonyl (C=O) groups excluding carboxylic acids is 1. The molecule has 2 aromatic rings. The lowest BCUT2D eigenvalue weighted by atomic mass is 10.1. The average molecular weight is 441 g/mol. The number of piperazine rings is 1. The maximum absolute atomic E-state index is 13.3. The first-order valence-corrected chi connectivity index (χ1v) is 11.7. The average Bonchev–Trinajstić information content (AvgIpc) is 3.56. The van der Waals surface area contributed by atoms with Crippen LogP contribution < -0.4 is 0 Å². The molecular formula is C26H28N6O. The van der Waals surface area contributed by atoms with Crippen LogP contribution in [-0.4, -0.2) is 68.4 Å². The van der Waals surface area contributed by atoms with Crippen LogP contribution in [0.2, 0.25) is 0 Å². The van der Waals surface area contributed by atoms with Gasteiger partial charge in [-0.15, -0.1) is 0 Å². The summed E-state index contributed by atoms with van der Waals surface area (Å²) in [7, 11) is 2.15. The summed E-state index contributed by atoms with van der Waals surface area (Å²) in [6.45, 7) is 5.99. The first-order chi connectivity index (χ1) is 16.0. The molecule has 2 aromatic heterocycles. The molecule has 0 radical (unpaired) electrons. The van der Waals surface area contributed by atoms with E-state index in [1.807, 2.05) is 48.1 Å². The topological polar surface area (TPSA) is 57.0 Å². The fourth-order valence-electron chi connectivity index (χ4n) is 4.68. The molecule has 4 aliphatic rings. The fourth-order valence-corrected chi connectivity index (χ4v) is 4.68. The number of rotatable bonds is 3. The van der Waals surface area contributed by atoms with E-state index in [0.29, 0.717) is 5.92 Å². The molecule has 2 fully saturated rings. The minimum Gasteiger partial charge on any atom is -0.368 e. The first-order valence-electron chi connectivity index (χ1n) is 11.7. The normalized spacial score (nSPS) is 25.6. The summed E-state index contributed by atoms with van der Waals surface area (Å²) in [5.74, 6) is 0.467. The van der Waals surface area contributed by atoms with Gasteiger partial charge in [0.2, 0.25) is 0 Å². The van der Waals surface area contributed by atoms with E-state index >= 15 is 0 Å². The van der Waals surface area contributed by atoms with Crippen molar-refractivity contribution in [1.29, 1.82) is 0 Å². The third kappa shape index (κ3) is 3.82. The third-order valence-corrected chi connectivity index (χ3v) is 6.76. The fraction of sp³-hybridized carbons (Fsp3) is 0.346. The van der Waals surface area contributed by atoms with Crippen molar-refractivity contribution in [2.24, 2.45) is 0 Å². The molecule has 1 amide bonds. The molecular weight excluding hydrogens is 412 g/mol. The Morgan fingerprint density at radius 3 is 2.61 bits per heavy atom. The molecule has 3 aliphatic heterocycles. The number of nitrogens with zero attached hydrogens (tertiary/aromatic N) is 6. The van der Waals surface area contributed by atoms with Crippen molar-refractivity contribution in [3.63, 3.8) is 0 Å². The second-order valence-corrected chi connectivity index (χ2v) is 9.34. The van der Waals surface area contributed by atoms with E-state index in [2.05, 4.69) is 29.0 Å². The van der Waals surface area contributed by atoms with Crippen LogP contribution in [0.1, 0.15) is 35.8 Å². The second kappa shape index (κ2) is 7.85. The zero-order valence-electron chi connectivity index (χ0n) is 19.1. The molecule has 1 saturated carbocycles. The molecule has 7 nitrogen and oxygen atoms in total. The molecule has 0 N–H and O–H groups in total. The van der Waals surface area contributed by atoms with Crippen molar-refractivity contribution < 1.29 is 4.79 Å². The minimum absolute atomic E-state index is 0.0645.